The van der Waals surface area contributed by atoms with Crippen LogP contribution in [-0.4, -0.2) is 28.5 Å². The maximum Gasteiger partial charge on any atom is 2.00 e. The van der Waals surface area contributed by atoms with Gasteiger partial charge in [0.15, 0.2) is 0 Å². The normalized spacial score (nSPS) is 0. The van der Waals surface area contributed by atoms with Crippen LogP contribution in [-0.2, 0) is 22.5 Å². The Kier molecular flexibility index (Phi) is 471. The van der Waals surface area contributed by atoms with Crippen LogP contribution < -0.4 is 0 Å². The molecule has 0 amide bonds. The van der Waals surface area contributed by atoms with Crippen molar-refractivity contribution in [2.45, 2.75) is 0 Å². The Morgan fingerprint density at radius 3 is 1.00 bits per heavy atom. The second-order valence-corrected chi connectivity index (χ2v) is 0. The molecule has 1 N–H and O–H groups in total. The van der Waals surface area contributed by atoms with Crippen LogP contribution in [0.3, 0.4) is 0 Å². The summed E-state index contributed by atoms with van der Waals surface area (Å²) in [6, 6.07) is 0. The smallest absolute Gasteiger partial charge is 2.00 e. The largest absolute Gasteiger partial charge is 2.00 e. The molecule has 0 atom stereocenters. The number of hydrogen-bond donors (Lipinski definition) is 0. The van der Waals surface area contributed by atoms with Gasteiger partial charge in [0, 0.05) is 0 Å². The van der Waals surface area contributed by atoms with E-state index in [0.717, 1.165) is 0 Å². The fraction of sp³-hybridized carbons (Fsp3) is 0. The quantitative estimate of drug-likeness (QED) is 0.384. The van der Waals surface area contributed by atoms with Gasteiger partial charge in [-0.2, -0.15) is 0 Å². The summed E-state index contributed by atoms with van der Waals surface area (Å²) >= 11 is 0. The fourth-order valence-corrected chi connectivity index (χ4v) is 0. The molecule has 0 aromatic carbocycles. The zero-order valence-corrected chi connectivity index (χ0v) is 4.43. The summed E-state index contributed by atoms with van der Waals surface area (Å²) in [6.45, 7) is 0. The molecule has 0 spiro atoms. The Balaban J connectivity index is 0. The Labute approximate surface area is 51.2 Å². The third kappa shape index (κ3) is 10.7. The minimum Gasteiger partial charge on any atom is -2.00 e. The minimum atomic E-state index is 0. The summed E-state index contributed by atoms with van der Waals surface area (Å²) in [6.07, 6.45) is 0. The predicted molar refractivity (Wildman–Crippen MR) is 8.38 cm³/mol. The molecule has 0 aliphatic heterocycles. The third-order valence-corrected chi connectivity index (χ3v) is 0. The second-order valence-electron chi connectivity index (χ2n) is 0. The van der Waals surface area contributed by atoms with E-state index in [2.05, 4.69) is 0 Å². The molecule has 0 aliphatic carbocycles. The van der Waals surface area contributed by atoms with E-state index in [1.165, 1.54) is 0 Å². The molecule has 1 radical (unpaired) electrons. The standard InChI is InChI=1S/Fe.Mg.H2O.O/h;;1H2;/q+2;+1;;-2/p-1. The zero-order chi connectivity index (χ0) is 0. The monoisotopic (exact) mass is 113 g/mol. The van der Waals surface area contributed by atoms with Crippen molar-refractivity contribution < 1.29 is 28.0 Å². The van der Waals surface area contributed by atoms with Gasteiger partial charge < -0.3 is 11.0 Å². The van der Waals surface area contributed by atoms with Crippen LogP contribution in [0.25, 0.3) is 0 Å². The Hall–Kier alpha value is 1.21. The van der Waals surface area contributed by atoms with Crippen LogP contribution >= 0.6 is 0 Å². The molecule has 0 heterocycles. The van der Waals surface area contributed by atoms with E-state index in [4.69, 9.17) is 0 Å². The maximum absolute atomic E-state index is 0. The van der Waals surface area contributed by atoms with Gasteiger partial charge in [-0.25, -0.2) is 0 Å². The Bertz CT molecular complexity index is 6.00. The molecule has 0 bridgehead atoms. The zero-order valence-electron chi connectivity index (χ0n) is 1.92. The SMILES string of the molecule is [Fe+2].[Mg+].[O-2].[OH-]. The van der Waals surface area contributed by atoms with Gasteiger partial charge in [0.05, 0.1) is 0 Å². The average molecular weight is 113 g/mol. The first-order valence-electron chi connectivity index (χ1n) is 0. The van der Waals surface area contributed by atoms with Gasteiger partial charge in [-0.15, -0.1) is 0 Å². The van der Waals surface area contributed by atoms with E-state index in [9.17, 15) is 0 Å². The van der Waals surface area contributed by atoms with Gasteiger partial charge >= 0.3 is 40.1 Å². The summed E-state index contributed by atoms with van der Waals surface area (Å²) in [4.78, 5) is 0. The van der Waals surface area contributed by atoms with E-state index in [1.807, 2.05) is 0 Å². The van der Waals surface area contributed by atoms with Crippen LogP contribution in [0.15, 0.2) is 0 Å². The second kappa shape index (κ2) is 29.7. The summed E-state index contributed by atoms with van der Waals surface area (Å²) < 4.78 is 0. The van der Waals surface area contributed by atoms with Crippen molar-refractivity contribution in [3.8, 4) is 0 Å². The van der Waals surface area contributed by atoms with Crippen LogP contribution in [0.2, 0.25) is 0 Å². The van der Waals surface area contributed by atoms with Crippen molar-refractivity contribution in [2.24, 2.45) is 0 Å². The predicted octanol–water partition coefficient (Wildman–Crippen LogP) is -0.679. The molecule has 4 heavy (non-hydrogen) atoms. The van der Waals surface area contributed by atoms with Gasteiger partial charge in [0.1, 0.15) is 0 Å². The first-order valence-corrected chi connectivity index (χ1v) is 0. The molecule has 0 aliphatic rings. The molecule has 0 rings (SSSR count). The first-order chi connectivity index (χ1) is 0. The van der Waals surface area contributed by atoms with Gasteiger partial charge in [-0.1, -0.05) is 0 Å². The maximum atomic E-state index is 0. The van der Waals surface area contributed by atoms with Crippen molar-refractivity contribution in [2.75, 3.05) is 0 Å². The van der Waals surface area contributed by atoms with E-state index < -0.39 is 0 Å². The molecule has 0 fully saturated rings. The molecule has 2 nitrogen and oxygen atoms in total. The van der Waals surface area contributed by atoms with Crippen LogP contribution in [0.5, 0.6) is 0 Å². The van der Waals surface area contributed by atoms with E-state index in [0.29, 0.717) is 0 Å². The summed E-state index contributed by atoms with van der Waals surface area (Å²) in [5.74, 6) is 0. The Morgan fingerprint density at radius 2 is 1.00 bits per heavy atom. The summed E-state index contributed by atoms with van der Waals surface area (Å²) in [5, 5.41) is 0. The molecule has 0 saturated carbocycles. The third-order valence-electron chi connectivity index (χ3n) is 0. The molecule has 4 heteroatoms. The molecule has 0 aromatic heterocycles. The summed E-state index contributed by atoms with van der Waals surface area (Å²) in [7, 11) is 0. The van der Waals surface area contributed by atoms with Crippen LogP contribution in [0.1, 0.15) is 0 Å². The van der Waals surface area contributed by atoms with Gasteiger partial charge in [-0.05, 0) is 0 Å². The van der Waals surface area contributed by atoms with Crippen LogP contribution in [0, 0.1) is 0 Å². The van der Waals surface area contributed by atoms with E-state index in [-0.39, 0.29) is 51.1 Å². The summed E-state index contributed by atoms with van der Waals surface area (Å²) in [5.41, 5.74) is 0. The van der Waals surface area contributed by atoms with Crippen molar-refractivity contribution in [3.63, 3.8) is 0 Å². The van der Waals surface area contributed by atoms with Crippen molar-refractivity contribution in [3.05, 3.63) is 0 Å². The fourth-order valence-electron chi connectivity index (χ4n) is 0. The van der Waals surface area contributed by atoms with Gasteiger partial charge in [0.25, 0.3) is 0 Å². The number of hydrogen-bond acceptors (Lipinski definition) is 1. The number of rotatable bonds is 0. The van der Waals surface area contributed by atoms with Gasteiger partial charge in [0.2, 0.25) is 0 Å². The van der Waals surface area contributed by atoms with Crippen molar-refractivity contribution in [1.29, 1.82) is 0 Å². The average Bonchev–Trinajstić information content (AvgIpc) is 0. The minimum absolute atomic E-state index is 0. The Morgan fingerprint density at radius 1 is 1.00 bits per heavy atom. The van der Waals surface area contributed by atoms with E-state index >= 15 is 0 Å². The first kappa shape index (κ1) is 63.3. The molecule has 0 aromatic rings. The molecular weight excluding hydrogens is 112 g/mol. The van der Waals surface area contributed by atoms with Crippen molar-refractivity contribution in [1.82, 2.24) is 0 Å². The van der Waals surface area contributed by atoms with Crippen LogP contribution in [0.4, 0.5) is 0 Å². The topological polar surface area (TPSA) is 58.5 Å². The molecule has 0 unspecified atom stereocenters. The van der Waals surface area contributed by atoms with E-state index in [1.54, 1.807) is 0 Å². The molecular formula is HFeMgO2. The van der Waals surface area contributed by atoms with Crippen molar-refractivity contribution >= 4 is 23.1 Å². The molecule has 23 valence electrons. The molecule has 0 saturated heterocycles. The van der Waals surface area contributed by atoms with Gasteiger partial charge in [-0.3, -0.25) is 0 Å².